The highest BCUT2D eigenvalue weighted by molar-refractivity contribution is 5.87. The lowest BCUT2D eigenvalue weighted by molar-refractivity contribution is 0.148. The number of piperazine rings is 1. The van der Waals surface area contributed by atoms with Crippen LogP contribution in [0.15, 0.2) is 66.9 Å². The number of allylic oxidation sites excluding steroid dienone is 1. The van der Waals surface area contributed by atoms with Crippen LogP contribution in [0.1, 0.15) is 27.9 Å². The molecule has 0 amide bonds. The predicted octanol–water partition coefficient (Wildman–Crippen LogP) is 4.79. The third-order valence-electron chi connectivity index (χ3n) is 6.48. The van der Waals surface area contributed by atoms with Crippen LogP contribution in [0.5, 0.6) is 0 Å². The van der Waals surface area contributed by atoms with Crippen LogP contribution < -0.4 is 0 Å². The number of hydrogen-bond donors (Lipinski definition) is 0. The van der Waals surface area contributed by atoms with E-state index in [-0.39, 0.29) is 0 Å². The maximum Gasteiger partial charge on any atom is 0.0520 e. The molecular formula is C27H29N3. The quantitative estimate of drug-likeness (QED) is 0.633. The highest BCUT2D eigenvalue weighted by Gasteiger charge is 2.19. The summed E-state index contributed by atoms with van der Waals surface area (Å²) in [6.07, 6.45) is 5.27. The monoisotopic (exact) mass is 395 g/mol. The first-order valence-electron chi connectivity index (χ1n) is 10.9. The zero-order valence-corrected chi connectivity index (χ0v) is 17.9. The molecule has 1 aromatic heterocycles. The number of likely N-dealkylation sites (N-methyl/N-ethyl adjacent to an activating group) is 1. The second-order valence-electron chi connectivity index (χ2n) is 8.63. The molecule has 0 unspecified atom stereocenters. The molecule has 2 heterocycles. The van der Waals surface area contributed by atoms with Crippen molar-refractivity contribution >= 4 is 5.57 Å². The molecule has 0 bridgehead atoms. The van der Waals surface area contributed by atoms with Gasteiger partial charge in [0.05, 0.1) is 5.69 Å². The number of aryl methyl sites for hydroxylation is 1. The molecule has 0 saturated carbocycles. The van der Waals surface area contributed by atoms with E-state index < -0.39 is 0 Å². The first-order chi connectivity index (χ1) is 14.7. The molecule has 1 saturated heterocycles. The van der Waals surface area contributed by atoms with Gasteiger partial charge in [-0.3, -0.25) is 9.88 Å². The number of fused-ring (bicyclic) bond motifs is 1. The Labute approximate surface area is 179 Å². The van der Waals surface area contributed by atoms with Crippen LogP contribution in [0.2, 0.25) is 0 Å². The van der Waals surface area contributed by atoms with Gasteiger partial charge in [-0.05, 0) is 47.9 Å². The van der Waals surface area contributed by atoms with Gasteiger partial charge in [0, 0.05) is 56.5 Å². The van der Waals surface area contributed by atoms with Crippen LogP contribution in [0.25, 0.3) is 16.7 Å². The third-order valence-corrected chi connectivity index (χ3v) is 6.48. The Morgan fingerprint density at radius 1 is 0.867 bits per heavy atom. The van der Waals surface area contributed by atoms with E-state index in [2.05, 4.69) is 84.4 Å². The lowest BCUT2D eigenvalue weighted by Crippen LogP contribution is -2.43. The van der Waals surface area contributed by atoms with Gasteiger partial charge >= 0.3 is 0 Å². The summed E-state index contributed by atoms with van der Waals surface area (Å²) in [6.45, 7) is 7.86. The normalized spacial score (nSPS) is 17.1. The first-order valence-corrected chi connectivity index (χ1v) is 10.9. The van der Waals surface area contributed by atoms with Crippen LogP contribution in [0, 0.1) is 6.92 Å². The van der Waals surface area contributed by atoms with Crippen molar-refractivity contribution in [2.75, 3.05) is 33.2 Å². The van der Waals surface area contributed by atoms with Crippen LogP contribution in [-0.2, 0) is 13.0 Å². The van der Waals surface area contributed by atoms with E-state index in [1.165, 1.54) is 44.6 Å². The van der Waals surface area contributed by atoms with Gasteiger partial charge in [-0.15, -0.1) is 0 Å². The molecule has 30 heavy (non-hydrogen) atoms. The molecule has 0 atom stereocenters. The molecule has 1 aliphatic carbocycles. The highest BCUT2D eigenvalue weighted by Crippen LogP contribution is 2.35. The van der Waals surface area contributed by atoms with E-state index in [0.29, 0.717) is 0 Å². The summed E-state index contributed by atoms with van der Waals surface area (Å²) in [5, 5.41) is 0. The van der Waals surface area contributed by atoms with Crippen molar-refractivity contribution in [3.05, 3.63) is 94.8 Å². The van der Waals surface area contributed by atoms with Crippen molar-refractivity contribution in [2.45, 2.75) is 19.9 Å². The Bertz CT molecular complexity index is 1070. The number of rotatable bonds is 4. The molecule has 3 heteroatoms. The summed E-state index contributed by atoms with van der Waals surface area (Å²) in [7, 11) is 2.20. The number of pyridine rings is 1. The molecule has 1 fully saturated rings. The summed E-state index contributed by atoms with van der Waals surface area (Å²) >= 11 is 0. The zero-order valence-electron chi connectivity index (χ0n) is 17.9. The summed E-state index contributed by atoms with van der Waals surface area (Å²) in [5.74, 6) is 0. The average Bonchev–Trinajstić information content (AvgIpc) is 3.19. The lowest BCUT2D eigenvalue weighted by Gasteiger charge is -2.32. The van der Waals surface area contributed by atoms with Gasteiger partial charge in [0.25, 0.3) is 0 Å². The van der Waals surface area contributed by atoms with Crippen LogP contribution in [0.3, 0.4) is 0 Å². The molecule has 3 aromatic rings. The lowest BCUT2D eigenvalue weighted by atomic mass is 9.95. The molecule has 2 aliphatic rings. The minimum absolute atomic E-state index is 0.920. The summed E-state index contributed by atoms with van der Waals surface area (Å²) in [4.78, 5) is 9.75. The van der Waals surface area contributed by atoms with Crippen molar-refractivity contribution in [1.82, 2.24) is 14.8 Å². The Hall–Kier alpha value is -2.75. The minimum Gasteiger partial charge on any atom is -0.304 e. The summed E-state index contributed by atoms with van der Waals surface area (Å²) in [5.41, 5.74) is 10.2. The molecule has 0 N–H and O–H groups in total. The zero-order chi connectivity index (χ0) is 20.5. The Kier molecular flexibility index (Phi) is 5.24. The predicted molar refractivity (Wildman–Crippen MR) is 124 cm³/mol. The summed E-state index contributed by atoms with van der Waals surface area (Å²) < 4.78 is 0. The van der Waals surface area contributed by atoms with Crippen molar-refractivity contribution in [2.24, 2.45) is 0 Å². The number of aromatic nitrogens is 1. The van der Waals surface area contributed by atoms with Gasteiger partial charge in [-0.1, -0.05) is 54.6 Å². The Balaban J connectivity index is 1.36. The fourth-order valence-corrected chi connectivity index (χ4v) is 4.55. The topological polar surface area (TPSA) is 19.4 Å². The molecule has 152 valence electrons. The maximum absolute atomic E-state index is 4.80. The second-order valence-corrected chi connectivity index (χ2v) is 8.63. The minimum atomic E-state index is 0.920. The van der Waals surface area contributed by atoms with Crippen LogP contribution in [0.4, 0.5) is 0 Å². The van der Waals surface area contributed by atoms with Crippen LogP contribution >= 0.6 is 0 Å². The molecule has 0 spiro atoms. The van der Waals surface area contributed by atoms with Gasteiger partial charge in [0.2, 0.25) is 0 Å². The first kappa shape index (κ1) is 19.2. The Morgan fingerprint density at radius 3 is 2.40 bits per heavy atom. The van der Waals surface area contributed by atoms with Crippen molar-refractivity contribution < 1.29 is 0 Å². The van der Waals surface area contributed by atoms with E-state index in [1.807, 2.05) is 6.20 Å². The maximum atomic E-state index is 4.80. The van der Waals surface area contributed by atoms with E-state index in [1.54, 1.807) is 0 Å². The molecule has 1 aliphatic heterocycles. The Morgan fingerprint density at radius 2 is 1.63 bits per heavy atom. The smallest absolute Gasteiger partial charge is 0.0520 e. The largest absolute Gasteiger partial charge is 0.304 e. The van der Waals surface area contributed by atoms with Crippen LogP contribution in [-0.4, -0.2) is 48.0 Å². The van der Waals surface area contributed by atoms with Gasteiger partial charge < -0.3 is 4.90 Å². The fraction of sp³-hybridized carbons (Fsp3) is 0.296. The average molecular weight is 396 g/mol. The van der Waals surface area contributed by atoms with Gasteiger partial charge in [0.15, 0.2) is 0 Å². The summed E-state index contributed by atoms with van der Waals surface area (Å²) in [6, 6.07) is 20.0. The van der Waals surface area contributed by atoms with Gasteiger partial charge in [0.1, 0.15) is 0 Å². The van der Waals surface area contributed by atoms with Gasteiger partial charge in [-0.25, -0.2) is 0 Å². The van der Waals surface area contributed by atoms with E-state index in [4.69, 9.17) is 4.98 Å². The van der Waals surface area contributed by atoms with Crippen molar-refractivity contribution in [1.29, 1.82) is 0 Å². The number of hydrogen-bond acceptors (Lipinski definition) is 3. The molecule has 2 aromatic carbocycles. The molecule has 0 radical (unpaired) electrons. The van der Waals surface area contributed by atoms with Crippen molar-refractivity contribution in [3.63, 3.8) is 0 Å². The van der Waals surface area contributed by atoms with E-state index >= 15 is 0 Å². The standard InChI is InChI=1S/C27H29N3/c1-20-5-3-4-6-24(20)25-11-12-27-26(25)17-23(18-28-27)22-9-7-21(8-10-22)19-30-15-13-29(2)14-16-30/h3-11,17-18H,12-16,19H2,1-2H3. The number of benzene rings is 2. The number of nitrogens with zero attached hydrogens (tertiary/aromatic N) is 3. The van der Waals surface area contributed by atoms with Gasteiger partial charge in [-0.2, -0.15) is 0 Å². The van der Waals surface area contributed by atoms with E-state index in [0.717, 1.165) is 39.1 Å². The van der Waals surface area contributed by atoms with Crippen molar-refractivity contribution in [3.8, 4) is 11.1 Å². The highest BCUT2D eigenvalue weighted by atomic mass is 15.2. The fourth-order valence-electron chi connectivity index (χ4n) is 4.55. The third kappa shape index (κ3) is 3.83. The molecule has 3 nitrogen and oxygen atoms in total. The second kappa shape index (κ2) is 8.17. The van der Waals surface area contributed by atoms with E-state index in [9.17, 15) is 0 Å². The molecule has 5 rings (SSSR count). The molecular weight excluding hydrogens is 366 g/mol. The SMILES string of the molecule is Cc1ccccc1C1=CCc2ncc(-c3ccc(CN4CCN(C)CC4)cc3)cc21.